The molecule has 15 heavy (non-hydrogen) atoms. The van der Waals surface area contributed by atoms with Crippen molar-refractivity contribution in [2.24, 2.45) is 5.92 Å². The normalized spacial score (nSPS) is 21.9. The predicted octanol–water partition coefficient (Wildman–Crippen LogP) is 0.835. The second kappa shape index (κ2) is 5.48. The zero-order valence-corrected chi connectivity index (χ0v) is 8.36. The minimum Gasteiger partial charge on any atom is -0.478 e. The maximum Gasteiger partial charge on any atom is 0.328 e. The molecule has 0 aromatic heterocycles. The van der Waals surface area contributed by atoms with Crippen molar-refractivity contribution in [3.63, 3.8) is 0 Å². The van der Waals surface area contributed by atoms with Gasteiger partial charge in [0.2, 0.25) is 5.91 Å². The Labute approximate surface area is 87.4 Å². The fourth-order valence-electron chi connectivity index (χ4n) is 1.64. The summed E-state index contributed by atoms with van der Waals surface area (Å²) in [5.74, 6) is -1.60. The van der Waals surface area contributed by atoms with E-state index in [0.717, 1.165) is 25.0 Å². The Kier molecular flexibility index (Phi) is 4.27. The Balaban J connectivity index is 2.48. The second-order valence-corrected chi connectivity index (χ2v) is 3.62. The van der Waals surface area contributed by atoms with Gasteiger partial charge in [0.15, 0.2) is 0 Å². The Morgan fingerprint density at radius 2 is 2.20 bits per heavy atom. The number of hydrogen-bond donors (Lipinski definition) is 1. The number of nitrogens with zero attached hydrogens (tertiary/aromatic N) is 1. The molecule has 0 radical (unpaired) electrons. The molecule has 0 aromatic carbocycles. The smallest absolute Gasteiger partial charge is 0.328 e. The summed E-state index contributed by atoms with van der Waals surface area (Å²) in [6.45, 7) is 0.547. The molecule has 0 aromatic rings. The number of carbonyl (C=O) groups is 2. The Morgan fingerprint density at radius 3 is 2.80 bits per heavy atom. The molecule has 1 aliphatic heterocycles. The van der Waals surface area contributed by atoms with E-state index >= 15 is 0 Å². The van der Waals surface area contributed by atoms with Crippen LogP contribution in [0.4, 0.5) is 4.39 Å². The molecule has 1 rings (SSSR count). The number of piperidine rings is 1. The summed E-state index contributed by atoms with van der Waals surface area (Å²) < 4.78 is 12.4. The van der Waals surface area contributed by atoms with Crippen LogP contribution in [0.2, 0.25) is 0 Å². The van der Waals surface area contributed by atoms with E-state index in [0.29, 0.717) is 13.1 Å². The summed E-state index contributed by atoms with van der Waals surface area (Å²) in [5.41, 5.74) is 0. The Hall–Kier alpha value is -1.39. The van der Waals surface area contributed by atoms with Gasteiger partial charge in [0, 0.05) is 31.2 Å². The average molecular weight is 215 g/mol. The summed E-state index contributed by atoms with van der Waals surface area (Å²) in [4.78, 5) is 23.1. The summed E-state index contributed by atoms with van der Waals surface area (Å²) in [6, 6.07) is 0. The lowest BCUT2D eigenvalue weighted by molar-refractivity contribution is -0.132. The molecule has 1 unspecified atom stereocenters. The number of aliphatic carboxylic acids is 1. The second-order valence-electron chi connectivity index (χ2n) is 3.62. The van der Waals surface area contributed by atoms with Crippen LogP contribution in [-0.4, -0.2) is 41.6 Å². The maximum absolute atomic E-state index is 12.4. The van der Waals surface area contributed by atoms with Crippen molar-refractivity contribution in [2.75, 3.05) is 19.8 Å². The minimum atomic E-state index is -1.15. The van der Waals surface area contributed by atoms with Crippen molar-refractivity contribution in [2.45, 2.75) is 12.8 Å². The molecule has 1 N–H and O–H groups in total. The third-order valence-corrected chi connectivity index (χ3v) is 2.42. The standard InChI is InChI=1S/C10H14FNO3/c11-6-8-2-1-5-12(7-8)9(13)3-4-10(14)15/h3-4,8H,1-2,5-7H2,(H,14,15)/b4-3+. The van der Waals surface area contributed by atoms with Crippen molar-refractivity contribution in [3.05, 3.63) is 12.2 Å². The van der Waals surface area contributed by atoms with Gasteiger partial charge in [-0.3, -0.25) is 9.18 Å². The fourth-order valence-corrected chi connectivity index (χ4v) is 1.64. The molecule has 0 spiro atoms. The van der Waals surface area contributed by atoms with E-state index in [1.807, 2.05) is 0 Å². The van der Waals surface area contributed by atoms with E-state index in [4.69, 9.17) is 5.11 Å². The number of rotatable bonds is 3. The number of carboxylic acids is 1. The van der Waals surface area contributed by atoms with E-state index in [1.165, 1.54) is 4.90 Å². The number of carbonyl (C=O) groups excluding carboxylic acids is 1. The quantitative estimate of drug-likeness (QED) is 0.709. The highest BCUT2D eigenvalue weighted by molar-refractivity contribution is 5.93. The van der Waals surface area contributed by atoms with Gasteiger partial charge in [-0.15, -0.1) is 0 Å². The lowest BCUT2D eigenvalue weighted by atomic mass is 9.99. The van der Waals surface area contributed by atoms with E-state index < -0.39 is 12.6 Å². The predicted molar refractivity (Wildman–Crippen MR) is 52.1 cm³/mol. The molecule has 4 nitrogen and oxygen atoms in total. The first kappa shape index (κ1) is 11.7. The zero-order chi connectivity index (χ0) is 11.3. The van der Waals surface area contributed by atoms with Crippen LogP contribution in [0.1, 0.15) is 12.8 Å². The van der Waals surface area contributed by atoms with E-state index in [1.54, 1.807) is 0 Å². The summed E-state index contributed by atoms with van der Waals surface area (Å²) in [7, 11) is 0. The van der Waals surface area contributed by atoms with Gasteiger partial charge in [-0.25, -0.2) is 4.79 Å². The molecule has 1 atom stereocenters. The molecule has 1 amide bonds. The third-order valence-electron chi connectivity index (χ3n) is 2.42. The van der Waals surface area contributed by atoms with Crippen LogP contribution in [0, 0.1) is 5.92 Å². The van der Waals surface area contributed by atoms with Gasteiger partial charge in [-0.2, -0.15) is 0 Å². The van der Waals surface area contributed by atoms with Gasteiger partial charge < -0.3 is 10.0 Å². The lowest BCUT2D eigenvalue weighted by Gasteiger charge is -2.30. The number of carboxylic acid groups (broad SMARTS) is 1. The van der Waals surface area contributed by atoms with E-state index in [-0.39, 0.29) is 11.8 Å². The number of likely N-dealkylation sites (tertiary alicyclic amines) is 1. The molecule has 1 aliphatic rings. The molecule has 5 heteroatoms. The highest BCUT2D eigenvalue weighted by Gasteiger charge is 2.22. The van der Waals surface area contributed by atoms with E-state index in [2.05, 4.69) is 0 Å². The average Bonchev–Trinajstić information content (AvgIpc) is 2.26. The van der Waals surface area contributed by atoms with Gasteiger partial charge in [0.05, 0.1) is 6.67 Å². The summed E-state index contributed by atoms with van der Waals surface area (Å²) in [5, 5.41) is 8.34. The van der Waals surface area contributed by atoms with Crippen molar-refractivity contribution in [3.8, 4) is 0 Å². The fraction of sp³-hybridized carbons (Fsp3) is 0.600. The molecule has 0 aliphatic carbocycles. The van der Waals surface area contributed by atoms with Gasteiger partial charge in [0.25, 0.3) is 0 Å². The molecule has 1 saturated heterocycles. The van der Waals surface area contributed by atoms with Gasteiger partial charge >= 0.3 is 5.97 Å². The summed E-state index contributed by atoms with van der Waals surface area (Å²) in [6.07, 6.45) is 3.40. The highest BCUT2D eigenvalue weighted by Crippen LogP contribution is 2.16. The number of hydrogen-bond acceptors (Lipinski definition) is 2. The first-order valence-corrected chi connectivity index (χ1v) is 4.89. The molecule has 1 fully saturated rings. The van der Waals surface area contributed by atoms with Crippen LogP contribution in [0.15, 0.2) is 12.2 Å². The van der Waals surface area contributed by atoms with Gasteiger partial charge in [-0.05, 0) is 12.8 Å². The molecular weight excluding hydrogens is 201 g/mol. The minimum absolute atomic E-state index is 0.0964. The van der Waals surface area contributed by atoms with Crippen LogP contribution in [-0.2, 0) is 9.59 Å². The first-order valence-electron chi connectivity index (χ1n) is 4.89. The van der Waals surface area contributed by atoms with Crippen molar-refractivity contribution in [1.29, 1.82) is 0 Å². The van der Waals surface area contributed by atoms with E-state index in [9.17, 15) is 14.0 Å². The molecular formula is C10H14FNO3. The van der Waals surface area contributed by atoms with Crippen LogP contribution in [0.25, 0.3) is 0 Å². The monoisotopic (exact) mass is 215 g/mol. The van der Waals surface area contributed by atoms with Crippen LogP contribution in [0.5, 0.6) is 0 Å². The lowest BCUT2D eigenvalue weighted by Crippen LogP contribution is -2.39. The number of halogens is 1. The molecule has 0 bridgehead atoms. The highest BCUT2D eigenvalue weighted by atomic mass is 19.1. The third kappa shape index (κ3) is 3.69. The van der Waals surface area contributed by atoms with Crippen molar-refractivity contribution in [1.82, 2.24) is 4.90 Å². The molecule has 84 valence electrons. The van der Waals surface area contributed by atoms with Crippen LogP contribution >= 0.6 is 0 Å². The summed E-state index contributed by atoms with van der Waals surface area (Å²) >= 11 is 0. The topological polar surface area (TPSA) is 57.6 Å². The maximum atomic E-state index is 12.4. The molecule has 1 heterocycles. The van der Waals surface area contributed by atoms with Crippen molar-refractivity contribution < 1.29 is 19.1 Å². The Morgan fingerprint density at radius 1 is 1.47 bits per heavy atom. The Bertz CT molecular complexity index is 278. The number of amides is 1. The SMILES string of the molecule is O=C(O)/C=C/C(=O)N1CCCC(CF)C1. The largest absolute Gasteiger partial charge is 0.478 e. The molecule has 0 saturated carbocycles. The number of alkyl halides is 1. The van der Waals surface area contributed by atoms with Crippen molar-refractivity contribution >= 4 is 11.9 Å². The van der Waals surface area contributed by atoms with Crippen LogP contribution in [0.3, 0.4) is 0 Å². The zero-order valence-electron chi connectivity index (χ0n) is 8.36. The van der Waals surface area contributed by atoms with Gasteiger partial charge in [-0.1, -0.05) is 0 Å². The first-order chi connectivity index (χ1) is 7.13. The van der Waals surface area contributed by atoms with Crippen LogP contribution < -0.4 is 0 Å². The van der Waals surface area contributed by atoms with Gasteiger partial charge in [0.1, 0.15) is 0 Å².